The lowest BCUT2D eigenvalue weighted by Gasteiger charge is -1.97. The Bertz CT molecular complexity index is 249. The fourth-order valence-corrected chi connectivity index (χ4v) is 0.624. The second-order valence-electron chi connectivity index (χ2n) is 2.49. The van der Waals surface area contributed by atoms with Crippen LogP contribution in [0.4, 0.5) is 0 Å². The Morgan fingerprint density at radius 3 is 1.44 bits per heavy atom. The number of hydrogen-bond donors (Lipinski definition) is 0. The Kier molecular flexibility index (Phi) is 41.6. The Labute approximate surface area is 116 Å². The molecule has 0 saturated carbocycles. The van der Waals surface area contributed by atoms with E-state index in [-0.39, 0.29) is 0 Å². The van der Waals surface area contributed by atoms with Crippen LogP contribution in [0.15, 0.2) is 73.9 Å². The molecule has 0 aliphatic carbocycles. The average Bonchev–Trinajstić information content (AvgIpc) is 2.44. The van der Waals surface area contributed by atoms with Crippen molar-refractivity contribution in [1.29, 1.82) is 0 Å². The van der Waals surface area contributed by atoms with Crippen molar-refractivity contribution < 1.29 is 0 Å². The lowest BCUT2D eigenvalue weighted by molar-refractivity contribution is 1.50. The molecule has 0 heterocycles. The first-order valence-corrected chi connectivity index (χ1v) is 6.52. The Morgan fingerprint density at radius 1 is 0.833 bits per heavy atom. The van der Waals surface area contributed by atoms with Gasteiger partial charge in [0.05, 0.1) is 0 Å². The van der Waals surface area contributed by atoms with Gasteiger partial charge in [-0.2, -0.15) is 0 Å². The minimum Gasteiger partial charge on any atom is -0.103 e. The van der Waals surface area contributed by atoms with Crippen molar-refractivity contribution in [3.63, 3.8) is 0 Å². The smallest absolute Gasteiger partial charge is 0.0196 e. The van der Waals surface area contributed by atoms with E-state index in [1.165, 1.54) is 0 Å². The van der Waals surface area contributed by atoms with E-state index in [0.717, 1.165) is 11.1 Å². The summed E-state index contributed by atoms with van der Waals surface area (Å²) in [6.07, 6.45) is 11.1. The maximum absolute atomic E-state index is 3.81. The first-order valence-electron chi connectivity index (χ1n) is 6.52. The third-order valence-electron chi connectivity index (χ3n) is 1.31. The molecule has 0 fully saturated rings. The van der Waals surface area contributed by atoms with Crippen LogP contribution in [0, 0.1) is 0 Å². The average molecular weight is 248 g/mol. The van der Waals surface area contributed by atoms with E-state index in [1.807, 2.05) is 59.8 Å². The third kappa shape index (κ3) is 23.9. The Balaban J connectivity index is -0.000000118. The minimum absolute atomic E-state index is 0.901. The van der Waals surface area contributed by atoms with Gasteiger partial charge in [0.15, 0.2) is 0 Å². The topological polar surface area (TPSA) is 0 Å². The molecule has 18 heavy (non-hydrogen) atoms. The molecule has 0 saturated heterocycles. The predicted octanol–water partition coefficient (Wildman–Crippen LogP) is 6.66. The highest BCUT2D eigenvalue weighted by atomic mass is 13.9. The molecule has 0 radical (unpaired) electrons. The van der Waals surface area contributed by atoms with Gasteiger partial charge >= 0.3 is 0 Å². The zero-order valence-corrected chi connectivity index (χ0v) is 13.3. The highest BCUT2D eigenvalue weighted by Crippen LogP contribution is 2.09. The van der Waals surface area contributed by atoms with Gasteiger partial charge in [0.25, 0.3) is 0 Å². The fourth-order valence-electron chi connectivity index (χ4n) is 0.624. The van der Waals surface area contributed by atoms with Crippen LogP contribution in [-0.4, -0.2) is 0 Å². The predicted molar refractivity (Wildman–Crippen MR) is 91.0 cm³/mol. The maximum Gasteiger partial charge on any atom is -0.0196 e. The van der Waals surface area contributed by atoms with Gasteiger partial charge in [-0.3, -0.25) is 0 Å². The van der Waals surface area contributed by atoms with Gasteiger partial charge in [-0.1, -0.05) is 83.9 Å². The molecule has 0 amide bonds. The summed E-state index contributed by atoms with van der Waals surface area (Å²) < 4.78 is 0. The van der Waals surface area contributed by atoms with Crippen LogP contribution in [0.3, 0.4) is 0 Å². The van der Waals surface area contributed by atoms with Crippen LogP contribution in [0.5, 0.6) is 0 Å². The summed E-state index contributed by atoms with van der Waals surface area (Å²) in [6.45, 7) is 26.3. The van der Waals surface area contributed by atoms with Crippen LogP contribution in [0.25, 0.3) is 0 Å². The Morgan fingerprint density at radius 2 is 1.22 bits per heavy atom. The second-order valence-corrected chi connectivity index (χ2v) is 2.49. The van der Waals surface area contributed by atoms with Crippen molar-refractivity contribution >= 4 is 0 Å². The zero-order valence-electron chi connectivity index (χ0n) is 13.3. The molecule has 0 aromatic heterocycles. The summed E-state index contributed by atoms with van der Waals surface area (Å²) in [7, 11) is 0. The molecule has 0 aliphatic heterocycles. The van der Waals surface area contributed by atoms with Gasteiger partial charge < -0.3 is 0 Å². The summed E-state index contributed by atoms with van der Waals surface area (Å²) >= 11 is 0. The molecule has 0 aromatic carbocycles. The van der Waals surface area contributed by atoms with Crippen molar-refractivity contribution in [3.8, 4) is 0 Å². The van der Waals surface area contributed by atoms with Crippen LogP contribution in [0.1, 0.15) is 41.5 Å². The molecule has 0 unspecified atom stereocenters. The largest absolute Gasteiger partial charge is 0.103 e. The van der Waals surface area contributed by atoms with Gasteiger partial charge in [-0.05, 0) is 25.0 Å². The molecule has 0 spiro atoms. The highest BCUT2D eigenvalue weighted by Gasteiger charge is 1.89. The molecule has 0 atom stereocenters. The molecular formula is C18H32. The lowest BCUT2D eigenvalue weighted by Crippen LogP contribution is -1.77. The monoisotopic (exact) mass is 248 g/mol. The van der Waals surface area contributed by atoms with E-state index in [4.69, 9.17) is 0 Å². The van der Waals surface area contributed by atoms with Crippen molar-refractivity contribution in [2.75, 3.05) is 0 Å². The van der Waals surface area contributed by atoms with Crippen molar-refractivity contribution in [2.45, 2.75) is 41.5 Å². The first kappa shape index (κ1) is 25.3. The van der Waals surface area contributed by atoms with Crippen molar-refractivity contribution in [3.05, 3.63) is 73.9 Å². The van der Waals surface area contributed by atoms with Gasteiger partial charge in [-0.25, -0.2) is 0 Å². The van der Waals surface area contributed by atoms with Crippen LogP contribution in [-0.2, 0) is 0 Å². The standard InChI is InChI=1S/C11H14.C3H6.2C2H6/c1-5-8-9-11(7-3)10(4)6-2;1-3-2;2*1-2/h5-9H,2-4H2,1H3;3H,1H2,2H3;2*1-2H3/b8-5-,11-9+;;;. The third-order valence-corrected chi connectivity index (χ3v) is 1.31. The summed E-state index contributed by atoms with van der Waals surface area (Å²) in [5.41, 5.74) is 1.91. The minimum atomic E-state index is 0.901. The van der Waals surface area contributed by atoms with E-state index in [0.29, 0.717) is 0 Å². The van der Waals surface area contributed by atoms with E-state index < -0.39 is 0 Å². The van der Waals surface area contributed by atoms with E-state index in [1.54, 1.807) is 18.2 Å². The molecule has 0 aromatic rings. The molecule has 104 valence electrons. The maximum atomic E-state index is 3.81. The van der Waals surface area contributed by atoms with Crippen LogP contribution in [0.2, 0.25) is 0 Å². The highest BCUT2D eigenvalue weighted by molar-refractivity contribution is 5.44. The zero-order chi connectivity index (χ0) is 15.4. The SMILES string of the molecule is C=CC.C=CC(=C)/C(C=C)=C/C=C\C.CC.CC. The lowest BCUT2D eigenvalue weighted by atomic mass is 10.1. The van der Waals surface area contributed by atoms with E-state index in [2.05, 4.69) is 26.3 Å². The Hall–Kier alpha value is -1.56. The number of allylic oxidation sites excluding steroid dienone is 8. The fraction of sp³-hybridized carbons (Fsp3) is 0.333. The molecule has 0 bridgehead atoms. The first-order chi connectivity index (χ1) is 8.67. The molecule has 0 N–H and O–H groups in total. The van der Waals surface area contributed by atoms with Crippen LogP contribution >= 0.6 is 0 Å². The summed E-state index contributed by atoms with van der Waals surface area (Å²) in [5.74, 6) is 0. The summed E-state index contributed by atoms with van der Waals surface area (Å²) in [5, 5.41) is 0. The molecule has 0 heteroatoms. The van der Waals surface area contributed by atoms with Gasteiger partial charge in [0.1, 0.15) is 0 Å². The quantitative estimate of drug-likeness (QED) is 0.385. The van der Waals surface area contributed by atoms with Crippen molar-refractivity contribution in [2.24, 2.45) is 0 Å². The normalized spacial score (nSPS) is 8.44. The van der Waals surface area contributed by atoms with E-state index in [9.17, 15) is 0 Å². The summed E-state index contributed by atoms with van der Waals surface area (Å²) in [4.78, 5) is 0. The number of rotatable bonds is 4. The second kappa shape index (κ2) is 29.5. The summed E-state index contributed by atoms with van der Waals surface area (Å²) in [6, 6.07) is 0. The van der Waals surface area contributed by atoms with Gasteiger partial charge in [-0.15, -0.1) is 6.58 Å². The van der Waals surface area contributed by atoms with Crippen LogP contribution < -0.4 is 0 Å². The van der Waals surface area contributed by atoms with Crippen molar-refractivity contribution in [1.82, 2.24) is 0 Å². The van der Waals surface area contributed by atoms with E-state index >= 15 is 0 Å². The molecule has 0 nitrogen and oxygen atoms in total. The molecule has 0 aliphatic rings. The van der Waals surface area contributed by atoms with Gasteiger partial charge in [0, 0.05) is 0 Å². The molecular weight excluding hydrogens is 216 g/mol. The van der Waals surface area contributed by atoms with Gasteiger partial charge in [0.2, 0.25) is 0 Å². The number of hydrogen-bond acceptors (Lipinski definition) is 0. The molecule has 0 rings (SSSR count).